The Bertz CT molecular complexity index is 1020. The van der Waals surface area contributed by atoms with E-state index in [-0.39, 0.29) is 0 Å². The lowest BCUT2D eigenvalue weighted by molar-refractivity contribution is -0.448. The topological polar surface area (TPSA) is 15.4 Å². The van der Waals surface area contributed by atoms with Gasteiger partial charge >= 0.3 is 0 Å². The van der Waals surface area contributed by atoms with Gasteiger partial charge in [-0.15, -0.1) is 0 Å². The lowest BCUT2D eigenvalue weighted by Gasteiger charge is -2.13. The van der Waals surface area contributed by atoms with Crippen LogP contribution in [0, 0.1) is 0 Å². The Kier molecular flexibility index (Phi) is 6.89. The number of nitrogens with zero attached hydrogens (tertiary/aromatic N) is 2. The Morgan fingerprint density at radius 2 is 1.20 bits per heavy atom. The third-order valence-corrected chi connectivity index (χ3v) is 6.01. The largest absolute Gasteiger partial charge is 0.275 e. The van der Waals surface area contributed by atoms with Crippen molar-refractivity contribution < 1.29 is 4.68 Å². The van der Waals surface area contributed by atoms with Gasteiger partial charge in [-0.1, -0.05) is 107 Å². The molecular weight excluding hydrogens is 435 g/mol. The summed E-state index contributed by atoms with van der Waals surface area (Å²) < 4.78 is 1.95. The summed E-state index contributed by atoms with van der Waals surface area (Å²) in [6.07, 6.45) is 5.44. The van der Waals surface area contributed by atoms with Crippen LogP contribution in [0.1, 0.15) is 43.2 Å². The van der Waals surface area contributed by atoms with Gasteiger partial charge in [0.25, 0.3) is 5.69 Å². The maximum absolute atomic E-state index is 6.63. The van der Waals surface area contributed by atoms with E-state index in [1.165, 1.54) is 12.1 Å². The minimum absolute atomic E-state index is 0.495. The molecule has 0 spiro atoms. The van der Waals surface area contributed by atoms with Gasteiger partial charge in [0.2, 0.25) is 0 Å². The van der Waals surface area contributed by atoms with Gasteiger partial charge < -0.3 is 0 Å². The number of hydrogen-bond acceptors (Lipinski definition) is 1. The van der Waals surface area contributed by atoms with Crippen molar-refractivity contribution in [1.29, 1.82) is 0 Å². The molecule has 0 atom stereocenters. The molecule has 1 saturated carbocycles. The Morgan fingerprint density at radius 3 is 1.70 bits per heavy atom. The molecule has 3 aromatic carbocycles. The lowest BCUT2D eigenvalue weighted by atomic mass is 9.98. The molecule has 0 saturated heterocycles. The molecule has 0 radical (unpaired) electrons. The third-order valence-electron chi connectivity index (χ3n) is 5.22. The van der Waals surface area contributed by atoms with Crippen molar-refractivity contribution in [3.63, 3.8) is 0 Å². The summed E-state index contributed by atoms with van der Waals surface area (Å²) in [5, 5.41) is 6.66. The maximum atomic E-state index is 6.63. The van der Waals surface area contributed by atoms with Gasteiger partial charge in [0.05, 0.1) is 0 Å². The first-order valence-electron chi connectivity index (χ1n) is 10.1. The van der Waals surface area contributed by atoms with E-state index in [0.717, 1.165) is 42.5 Å². The molecule has 1 fully saturated rings. The minimum atomic E-state index is 0.495. The maximum Gasteiger partial charge on any atom is 0.275 e. The van der Waals surface area contributed by atoms with Crippen LogP contribution in [0.25, 0.3) is 0 Å². The van der Waals surface area contributed by atoms with Crippen molar-refractivity contribution >= 4 is 51.9 Å². The highest BCUT2D eigenvalue weighted by Crippen LogP contribution is 2.37. The summed E-state index contributed by atoms with van der Waals surface area (Å²) >= 11 is 19.4. The molecule has 2 nitrogen and oxygen atoms in total. The Balaban J connectivity index is 1.97. The zero-order valence-electron chi connectivity index (χ0n) is 16.5. The molecule has 30 heavy (non-hydrogen) atoms. The summed E-state index contributed by atoms with van der Waals surface area (Å²) in [7, 11) is 0. The van der Waals surface area contributed by atoms with Crippen LogP contribution in [-0.2, 0) is 0 Å². The van der Waals surface area contributed by atoms with E-state index in [1.54, 1.807) is 12.1 Å². The van der Waals surface area contributed by atoms with Crippen molar-refractivity contribution in [3.8, 4) is 0 Å². The van der Waals surface area contributed by atoms with Crippen LogP contribution in [0.3, 0.4) is 0 Å². The van der Waals surface area contributed by atoms with Crippen molar-refractivity contribution in [2.75, 3.05) is 0 Å². The highest BCUT2D eigenvalue weighted by Gasteiger charge is 2.28. The molecule has 0 unspecified atom stereocenters. The lowest BCUT2D eigenvalue weighted by Crippen LogP contribution is -2.19. The molecule has 0 aromatic heterocycles. The fourth-order valence-corrected chi connectivity index (χ4v) is 4.74. The first-order chi connectivity index (χ1) is 14.6. The van der Waals surface area contributed by atoms with Gasteiger partial charge in [-0.05, 0) is 25.0 Å². The molecular formula is C25H22Cl3N2+. The van der Waals surface area contributed by atoms with E-state index in [2.05, 4.69) is 24.3 Å². The van der Waals surface area contributed by atoms with Crippen LogP contribution < -0.4 is 0 Å². The average Bonchev–Trinajstić information content (AvgIpc) is 2.77. The van der Waals surface area contributed by atoms with Crippen LogP contribution in [0.15, 0.2) is 77.9 Å². The second kappa shape index (κ2) is 9.78. The first kappa shape index (κ1) is 21.1. The Labute approximate surface area is 192 Å². The molecule has 1 aliphatic rings. The third kappa shape index (κ3) is 4.78. The standard InChI is InChI=1S/C25H22Cl3N2/c26-20-16-22(27)25(23(28)17-20)30(21-14-8-3-9-15-21)29-24(18-10-4-1-5-11-18)19-12-6-2-7-13-19/h1-2,4-7,10-13,16-17H,3,8-9,14-15H2/q+1. The predicted molar refractivity (Wildman–Crippen MR) is 128 cm³/mol. The SMILES string of the molecule is Clc1cc(Cl)c([N+](N=C(c2ccccc2)c2ccccc2)=C2CCCCC2)c(Cl)c1. The van der Waals surface area contributed by atoms with E-state index in [9.17, 15) is 0 Å². The summed E-state index contributed by atoms with van der Waals surface area (Å²) in [4.78, 5) is 0. The summed E-state index contributed by atoms with van der Waals surface area (Å²) in [5.41, 5.74) is 4.84. The highest BCUT2D eigenvalue weighted by atomic mass is 35.5. The second-order valence-corrected chi connectivity index (χ2v) is 8.59. The Morgan fingerprint density at radius 1 is 0.700 bits per heavy atom. The summed E-state index contributed by atoms with van der Waals surface area (Å²) in [6.45, 7) is 0. The molecule has 1 aliphatic carbocycles. The molecule has 0 heterocycles. The molecule has 0 N–H and O–H groups in total. The predicted octanol–water partition coefficient (Wildman–Crippen LogP) is 8.15. The quantitative estimate of drug-likeness (QED) is 0.214. The molecule has 0 amide bonds. The van der Waals surface area contributed by atoms with Gasteiger partial charge in [-0.25, -0.2) is 0 Å². The number of hydrogen-bond donors (Lipinski definition) is 0. The van der Waals surface area contributed by atoms with Gasteiger partial charge in [-0.3, -0.25) is 0 Å². The zero-order valence-corrected chi connectivity index (χ0v) is 18.8. The van der Waals surface area contributed by atoms with Crippen molar-refractivity contribution in [1.82, 2.24) is 0 Å². The normalized spacial score (nSPS) is 13.8. The van der Waals surface area contributed by atoms with Crippen molar-refractivity contribution in [2.24, 2.45) is 5.10 Å². The van der Waals surface area contributed by atoms with Gasteiger partial charge in [0, 0.05) is 34.1 Å². The van der Waals surface area contributed by atoms with E-state index in [1.807, 2.05) is 41.1 Å². The van der Waals surface area contributed by atoms with Gasteiger partial charge in [0.15, 0.2) is 5.71 Å². The summed E-state index contributed by atoms with van der Waals surface area (Å²) in [5.74, 6) is 0. The highest BCUT2D eigenvalue weighted by molar-refractivity contribution is 6.41. The first-order valence-corrected chi connectivity index (χ1v) is 11.3. The monoisotopic (exact) mass is 455 g/mol. The summed E-state index contributed by atoms with van der Waals surface area (Å²) in [6, 6.07) is 23.8. The van der Waals surface area contributed by atoms with E-state index >= 15 is 0 Å². The minimum Gasteiger partial charge on any atom is -0.0842 e. The van der Waals surface area contributed by atoms with Crippen LogP contribution >= 0.6 is 34.8 Å². The number of rotatable bonds is 4. The van der Waals surface area contributed by atoms with Crippen molar-refractivity contribution in [3.05, 3.63) is 99.0 Å². The van der Waals surface area contributed by atoms with Gasteiger partial charge in [0.1, 0.15) is 15.8 Å². The van der Waals surface area contributed by atoms with Crippen LogP contribution in [0.4, 0.5) is 5.69 Å². The van der Waals surface area contributed by atoms with E-state index < -0.39 is 0 Å². The van der Waals surface area contributed by atoms with E-state index in [0.29, 0.717) is 20.8 Å². The smallest absolute Gasteiger partial charge is 0.0842 e. The molecule has 0 bridgehead atoms. The number of halogens is 3. The molecule has 152 valence electrons. The van der Waals surface area contributed by atoms with E-state index in [4.69, 9.17) is 39.9 Å². The fraction of sp³-hybridized carbons (Fsp3) is 0.200. The number of hydrazone groups is 1. The molecule has 5 heteroatoms. The van der Waals surface area contributed by atoms with Crippen LogP contribution in [0.2, 0.25) is 15.1 Å². The molecule has 0 aliphatic heterocycles. The second-order valence-electron chi connectivity index (χ2n) is 7.34. The zero-order chi connectivity index (χ0) is 20.9. The van der Waals surface area contributed by atoms with Crippen LogP contribution in [0.5, 0.6) is 0 Å². The average molecular weight is 457 g/mol. The Hall–Kier alpha value is -2.13. The molecule has 3 aromatic rings. The number of benzene rings is 3. The van der Waals surface area contributed by atoms with Crippen LogP contribution in [-0.4, -0.2) is 16.1 Å². The fourth-order valence-electron chi connectivity index (χ4n) is 3.76. The molecule has 4 rings (SSSR count). The van der Waals surface area contributed by atoms with Crippen molar-refractivity contribution in [2.45, 2.75) is 32.1 Å². The van der Waals surface area contributed by atoms with Gasteiger partial charge in [-0.2, -0.15) is 0 Å².